The van der Waals surface area contributed by atoms with E-state index >= 15 is 0 Å². The fraction of sp³-hybridized carbons (Fsp3) is 0.345. The second kappa shape index (κ2) is 9.18. The summed E-state index contributed by atoms with van der Waals surface area (Å²) in [6, 6.07) is 20.0. The van der Waals surface area contributed by atoms with E-state index in [4.69, 9.17) is 16.3 Å². The zero-order valence-electron chi connectivity index (χ0n) is 19.8. The van der Waals surface area contributed by atoms with E-state index in [2.05, 4.69) is 48.0 Å². The van der Waals surface area contributed by atoms with Crippen LogP contribution < -0.4 is 4.74 Å². The molecule has 1 aromatic heterocycles. The smallest absolute Gasteiger partial charge is 0.131 e. The maximum Gasteiger partial charge on any atom is 0.131 e. The van der Waals surface area contributed by atoms with Gasteiger partial charge in [-0.3, -0.25) is 4.98 Å². The summed E-state index contributed by atoms with van der Waals surface area (Å²) in [5.74, 6) is 0.902. The fourth-order valence-electron chi connectivity index (χ4n) is 5.39. The Balaban J connectivity index is 1.34. The zero-order chi connectivity index (χ0) is 23.8. The Hall–Kier alpha value is -2.66. The zero-order valence-corrected chi connectivity index (χ0v) is 20.6. The van der Waals surface area contributed by atoms with Crippen molar-refractivity contribution in [1.29, 1.82) is 0 Å². The molecule has 1 fully saturated rings. The molecule has 176 valence electrons. The lowest BCUT2D eigenvalue weighted by Gasteiger charge is -2.50. The van der Waals surface area contributed by atoms with Crippen LogP contribution in [0.1, 0.15) is 49.1 Å². The van der Waals surface area contributed by atoms with E-state index in [1.54, 1.807) is 0 Å². The Kier molecular flexibility index (Phi) is 6.24. The molecular formula is C29H31ClN2O2. The number of para-hydroxylation sites is 1. The molecule has 1 atom stereocenters. The van der Waals surface area contributed by atoms with Crippen LogP contribution in [0.5, 0.6) is 5.75 Å². The largest absolute Gasteiger partial charge is 0.487 e. The molecule has 4 nitrogen and oxygen atoms in total. The van der Waals surface area contributed by atoms with Gasteiger partial charge in [-0.05, 0) is 48.2 Å². The van der Waals surface area contributed by atoms with Gasteiger partial charge >= 0.3 is 0 Å². The molecule has 2 aliphatic rings. The standard InChI is InChI=1S/C29H31ClN2O2/c1-28(2)20-32(18-15-29(28,33)21-11-13-22(30)14-12-21)17-6-9-23-24-8-5-16-31-26(24)19-34-27-10-4-3-7-25(23)27/h3-5,7-14,16,33H,6,15,17-20H2,1-2H3. The molecule has 5 heteroatoms. The van der Waals surface area contributed by atoms with E-state index in [1.165, 1.54) is 5.57 Å². The van der Waals surface area contributed by atoms with Crippen LogP contribution in [0.15, 0.2) is 72.9 Å². The van der Waals surface area contributed by atoms with Crippen molar-refractivity contribution in [2.45, 2.75) is 38.9 Å². The van der Waals surface area contributed by atoms with Crippen molar-refractivity contribution in [1.82, 2.24) is 9.88 Å². The van der Waals surface area contributed by atoms with Crippen molar-refractivity contribution < 1.29 is 9.84 Å². The molecule has 1 unspecified atom stereocenters. The number of nitrogens with zero attached hydrogens (tertiary/aromatic N) is 2. The molecule has 0 spiro atoms. The first-order valence-corrected chi connectivity index (χ1v) is 12.3. The highest BCUT2D eigenvalue weighted by molar-refractivity contribution is 6.30. The van der Waals surface area contributed by atoms with Crippen LogP contribution in [0.2, 0.25) is 5.02 Å². The minimum absolute atomic E-state index is 0.286. The molecule has 0 aliphatic carbocycles. The Bertz CT molecular complexity index is 1160. The van der Waals surface area contributed by atoms with Gasteiger partial charge in [0, 0.05) is 47.4 Å². The monoisotopic (exact) mass is 474 g/mol. The third-order valence-electron chi connectivity index (χ3n) is 7.37. The van der Waals surface area contributed by atoms with Crippen molar-refractivity contribution >= 4 is 17.2 Å². The summed E-state index contributed by atoms with van der Waals surface area (Å²) in [5, 5.41) is 12.3. The quantitative estimate of drug-likeness (QED) is 0.498. The summed E-state index contributed by atoms with van der Waals surface area (Å²) in [6.07, 6.45) is 5.75. The van der Waals surface area contributed by atoms with Crippen molar-refractivity contribution in [2.24, 2.45) is 5.41 Å². The first-order chi connectivity index (χ1) is 16.4. The molecule has 2 aliphatic heterocycles. The lowest BCUT2D eigenvalue weighted by molar-refractivity contribution is -0.125. The van der Waals surface area contributed by atoms with Crippen LogP contribution in [-0.2, 0) is 12.2 Å². The summed E-state index contributed by atoms with van der Waals surface area (Å²) >= 11 is 6.08. The molecule has 3 heterocycles. The highest BCUT2D eigenvalue weighted by Crippen LogP contribution is 2.46. The van der Waals surface area contributed by atoms with Gasteiger partial charge in [0.15, 0.2) is 0 Å². The van der Waals surface area contributed by atoms with Gasteiger partial charge in [0.25, 0.3) is 0 Å². The molecular weight excluding hydrogens is 444 g/mol. The number of aliphatic hydroxyl groups is 1. The van der Waals surface area contributed by atoms with Gasteiger partial charge in [0.2, 0.25) is 0 Å². The summed E-state index contributed by atoms with van der Waals surface area (Å²) in [5.41, 5.74) is 4.21. The third-order valence-corrected chi connectivity index (χ3v) is 7.62. The molecule has 0 bridgehead atoms. The van der Waals surface area contributed by atoms with Gasteiger partial charge in [0.1, 0.15) is 12.4 Å². The summed E-state index contributed by atoms with van der Waals surface area (Å²) in [7, 11) is 0. The number of pyridine rings is 1. The Morgan fingerprint density at radius 1 is 1.06 bits per heavy atom. The number of ether oxygens (including phenoxy) is 1. The molecule has 5 rings (SSSR count). The maximum absolute atomic E-state index is 11.7. The summed E-state index contributed by atoms with van der Waals surface area (Å²) in [6.45, 7) is 7.41. The Labute approximate surface area is 206 Å². The van der Waals surface area contributed by atoms with Crippen LogP contribution in [0.4, 0.5) is 0 Å². The van der Waals surface area contributed by atoms with Crippen molar-refractivity contribution in [3.05, 3.63) is 100 Å². The number of fused-ring (bicyclic) bond motifs is 2. The molecule has 3 aromatic rings. The van der Waals surface area contributed by atoms with E-state index in [0.717, 1.165) is 54.2 Å². The average molecular weight is 475 g/mol. The van der Waals surface area contributed by atoms with Crippen LogP contribution in [-0.4, -0.2) is 34.6 Å². The maximum atomic E-state index is 11.7. The Morgan fingerprint density at radius 3 is 2.62 bits per heavy atom. The van der Waals surface area contributed by atoms with Crippen LogP contribution in [0.25, 0.3) is 5.57 Å². The molecule has 1 N–H and O–H groups in total. The lowest BCUT2D eigenvalue weighted by atomic mass is 9.66. The predicted molar refractivity (Wildman–Crippen MR) is 137 cm³/mol. The predicted octanol–water partition coefficient (Wildman–Crippen LogP) is 6.07. The lowest BCUT2D eigenvalue weighted by Crippen LogP contribution is -2.55. The number of hydrogen-bond acceptors (Lipinski definition) is 4. The average Bonchev–Trinajstić information content (AvgIpc) is 2.99. The highest BCUT2D eigenvalue weighted by Gasteiger charge is 2.48. The van der Waals surface area contributed by atoms with E-state index < -0.39 is 5.60 Å². The number of rotatable bonds is 4. The van der Waals surface area contributed by atoms with E-state index in [1.807, 2.05) is 48.7 Å². The molecule has 0 amide bonds. The normalized spacial score (nSPS) is 23.0. The van der Waals surface area contributed by atoms with Crippen molar-refractivity contribution in [2.75, 3.05) is 19.6 Å². The topological polar surface area (TPSA) is 45.6 Å². The number of hydrogen-bond donors (Lipinski definition) is 1. The minimum Gasteiger partial charge on any atom is -0.487 e. The first kappa shape index (κ1) is 23.1. The second-order valence-corrected chi connectivity index (χ2v) is 10.4. The van der Waals surface area contributed by atoms with Gasteiger partial charge in [0.05, 0.1) is 11.3 Å². The number of halogens is 1. The third kappa shape index (κ3) is 4.26. The van der Waals surface area contributed by atoms with Gasteiger partial charge < -0.3 is 14.7 Å². The second-order valence-electron chi connectivity index (χ2n) is 9.97. The van der Waals surface area contributed by atoms with Crippen molar-refractivity contribution in [3.63, 3.8) is 0 Å². The number of aromatic nitrogens is 1. The number of piperidine rings is 1. The van der Waals surface area contributed by atoms with Crippen LogP contribution >= 0.6 is 11.6 Å². The minimum atomic E-state index is -0.866. The van der Waals surface area contributed by atoms with E-state index in [0.29, 0.717) is 18.1 Å². The van der Waals surface area contributed by atoms with Crippen LogP contribution in [0.3, 0.4) is 0 Å². The highest BCUT2D eigenvalue weighted by atomic mass is 35.5. The van der Waals surface area contributed by atoms with Gasteiger partial charge in [-0.1, -0.05) is 67.9 Å². The van der Waals surface area contributed by atoms with E-state index in [-0.39, 0.29) is 5.41 Å². The Morgan fingerprint density at radius 2 is 1.82 bits per heavy atom. The summed E-state index contributed by atoms with van der Waals surface area (Å²) < 4.78 is 6.05. The van der Waals surface area contributed by atoms with Gasteiger partial charge in [-0.15, -0.1) is 0 Å². The van der Waals surface area contributed by atoms with Crippen molar-refractivity contribution in [3.8, 4) is 5.75 Å². The SMILES string of the molecule is CC1(C)CN(CCC=C2c3ccccc3OCc3ncccc32)CCC1(O)c1ccc(Cl)cc1. The van der Waals surface area contributed by atoms with E-state index in [9.17, 15) is 5.11 Å². The van der Waals surface area contributed by atoms with Gasteiger partial charge in [-0.25, -0.2) is 0 Å². The molecule has 0 radical (unpaired) electrons. The fourth-order valence-corrected chi connectivity index (χ4v) is 5.52. The molecule has 1 saturated heterocycles. The number of likely N-dealkylation sites (tertiary alicyclic amines) is 1. The molecule has 2 aromatic carbocycles. The molecule has 34 heavy (non-hydrogen) atoms. The summed E-state index contributed by atoms with van der Waals surface area (Å²) in [4.78, 5) is 7.03. The molecule has 0 saturated carbocycles. The van der Waals surface area contributed by atoms with Gasteiger partial charge in [-0.2, -0.15) is 0 Å². The van der Waals surface area contributed by atoms with Crippen LogP contribution in [0, 0.1) is 5.41 Å². The first-order valence-electron chi connectivity index (χ1n) is 11.9. The number of benzene rings is 2.